The van der Waals surface area contributed by atoms with Crippen molar-refractivity contribution in [1.29, 1.82) is 0 Å². The number of hydrogen-bond acceptors (Lipinski definition) is 4. The van der Waals surface area contributed by atoms with Crippen LogP contribution < -0.4 is 4.89 Å². The molecule has 178 valence electrons. The second-order valence-electron chi connectivity index (χ2n) is 9.03. The van der Waals surface area contributed by atoms with E-state index in [1.54, 1.807) is 24.3 Å². The predicted molar refractivity (Wildman–Crippen MR) is 126 cm³/mol. The Balaban J connectivity index is 1.24. The number of piperidine rings is 1. The number of ether oxygens (including phenoxy) is 1. The largest absolute Gasteiger partial charge is 0.364 e. The van der Waals surface area contributed by atoms with Gasteiger partial charge in [-0.1, -0.05) is 36.4 Å². The van der Waals surface area contributed by atoms with E-state index in [0.29, 0.717) is 6.61 Å². The molecule has 2 heterocycles. The van der Waals surface area contributed by atoms with Gasteiger partial charge in [0.05, 0.1) is 12.7 Å². The van der Waals surface area contributed by atoms with Crippen LogP contribution in [0.1, 0.15) is 41.2 Å². The number of halogens is 2. The second-order valence-corrected chi connectivity index (χ2v) is 9.03. The molecule has 6 heteroatoms. The molecule has 0 aliphatic carbocycles. The lowest BCUT2D eigenvalue weighted by Crippen LogP contribution is -2.41. The van der Waals surface area contributed by atoms with Crippen LogP contribution in [0.15, 0.2) is 66.7 Å². The summed E-state index contributed by atoms with van der Waals surface area (Å²) in [5.74, 6) is 0.243. The quantitative estimate of drug-likeness (QED) is 0.422. The molecule has 1 saturated heterocycles. The highest BCUT2D eigenvalue weighted by molar-refractivity contribution is 5.38. The zero-order valence-electron chi connectivity index (χ0n) is 19.1. The van der Waals surface area contributed by atoms with E-state index >= 15 is 0 Å². The molecular formula is C28H29F2NO3. The highest BCUT2D eigenvalue weighted by Crippen LogP contribution is 2.30. The summed E-state index contributed by atoms with van der Waals surface area (Å²) in [5.41, 5.74) is 4.23. The van der Waals surface area contributed by atoms with Gasteiger partial charge < -0.3 is 14.5 Å². The van der Waals surface area contributed by atoms with Gasteiger partial charge in [0.2, 0.25) is 0 Å². The molecule has 4 nitrogen and oxygen atoms in total. The van der Waals surface area contributed by atoms with Gasteiger partial charge in [-0.2, -0.15) is 4.89 Å². The Hall–Kier alpha value is -2.80. The summed E-state index contributed by atoms with van der Waals surface area (Å²) < 4.78 is 33.6. The summed E-state index contributed by atoms with van der Waals surface area (Å²) in [6, 6.07) is 19.1. The highest BCUT2D eigenvalue weighted by Gasteiger charge is 2.25. The fourth-order valence-electron chi connectivity index (χ4n) is 4.75. The average molecular weight is 466 g/mol. The third-order valence-electron chi connectivity index (χ3n) is 6.58. The van der Waals surface area contributed by atoms with E-state index in [2.05, 4.69) is 17.0 Å². The monoisotopic (exact) mass is 465 g/mol. The Kier molecular flexibility index (Phi) is 7.19. The number of benzene rings is 3. The van der Waals surface area contributed by atoms with Crippen molar-refractivity contribution >= 4 is 0 Å². The van der Waals surface area contributed by atoms with Crippen LogP contribution in [-0.4, -0.2) is 37.2 Å². The summed E-state index contributed by atoms with van der Waals surface area (Å²) in [4.78, 5) is 12.7. The van der Waals surface area contributed by atoms with E-state index in [1.807, 2.05) is 6.07 Å². The van der Waals surface area contributed by atoms with Crippen LogP contribution >= 0.6 is 0 Å². The van der Waals surface area contributed by atoms with Crippen molar-refractivity contribution in [1.82, 2.24) is 4.90 Å². The molecule has 0 radical (unpaired) electrons. The number of likely N-dealkylation sites (tertiary alicyclic amines) is 1. The Morgan fingerprint density at radius 2 is 1.65 bits per heavy atom. The van der Waals surface area contributed by atoms with Crippen LogP contribution in [0.2, 0.25) is 0 Å². The zero-order chi connectivity index (χ0) is 23.3. The maximum atomic E-state index is 13.5. The molecule has 1 unspecified atom stereocenters. The topological polar surface area (TPSA) is 30.9 Å². The number of hydrogen-bond donors (Lipinski definition) is 0. The van der Waals surface area contributed by atoms with Gasteiger partial charge in [0.15, 0.2) is 5.75 Å². The summed E-state index contributed by atoms with van der Waals surface area (Å²) in [6.45, 7) is 3.42. The maximum Gasteiger partial charge on any atom is 0.168 e. The van der Waals surface area contributed by atoms with E-state index in [0.717, 1.165) is 62.2 Å². The highest BCUT2D eigenvalue weighted by atomic mass is 19.1. The van der Waals surface area contributed by atoms with Crippen LogP contribution in [0, 0.1) is 11.6 Å². The molecule has 2 aliphatic rings. The lowest BCUT2D eigenvalue weighted by molar-refractivity contribution is -0.215. The molecule has 34 heavy (non-hydrogen) atoms. The SMILES string of the molecule is Fc1ccc(C(OC2CCCN(CCc3ccc4c(c3)CCOO4)C2)c2ccc(F)cc2)cc1. The summed E-state index contributed by atoms with van der Waals surface area (Å²) in [6.07, 6.45) is 3.53. The number of nitrogens with zero attached hydrogens (tertiary/aromatic N) is 1. The van der Waals surface area contributed by atoms with Gasteiger partial charge in [-0.05, 0) is 72.8 Å². The first-order chi connectivity index (χ1) is 16.6. The second kappa shape index (κ2) is 10.6. The summed E-state index contributed by atoms with van der Waals surface area (Å²) >= 11 is 0. The average Bonchev–Trinajstić information content (AvgIpc) is 2.87. The van der Waals surface area contributed by atoms with Gasteiger partial charge in [-0.3, -0.25) is 0 Å². The number of rotatable bonds is 7. The molecule has 0 N–H and O–H groups in total. The van der Waals surface area contributed by atoms with E-state index in [1.165, 1.54) is 35.4 Å². The molecule has 0 spiro atoms. The van der Waals surface area contributed by atoms with E-state index in [4.69, 9.17) is 14.5 Å². The summed E-state index contributed by atoms with van der Waals surface area (Å²) in [7, 11) is 0. The van der Waals surface area contributed by atoms with Crippen molar-refractivity contribution in [3.05, 3.63) is 101 Å². The molecule has 3 aromatic rings. The van der Waals surface area contributed by atoms with Crippen molar-refractivity contribution in [2.45, 2.75) is 37.9 Å². The molecule has 2 aliphatic heterocycles. The van der Waals surface area contributed by atoms with E-state index in [-0.39, 0.29) is 23.8 Å². The lowest BCUT2D eigenvalue weighted by Gasteiger charge is -2.35. The molecule has 0 amide bonds. The molecular weight excluding hydrogens is 436 g/mol. The first-order valence-electron chi connectivity index (χ1n) is 11.9. The van der Waals surface area contributed by atoms with Crippen LogP contribution in [-0.2, 0) is 22.5 Å². The van der Waals surface area contributed by atoms with Crippen LogP contribution in [0.5, 0.6) is 5.75 Å². The first-order valence-corrected chi connectivity index (χ1v) is 11.9. The Morgan fingerprint density at radius 3 is 2.35 bits per heavy atom. The van der Waals surface area contributed by atoms with Gasteiger partial charge >= 0.3 is 0 Å². The minimum absolute atomic E-state index is 0.0444. The van der Waals surface area contributed by atoms with Crippen molar-refractivity contribution in [3.63, 3.8) is 0 Å². The van der Waals surface area contributed by atoms with Gasteiger partial charge in [-0.25, -0.2) is 8.78 Å². The Labute approximate surface area is 199 Å². The molecule has 0 saturated carbocycles. The van der Waals surface area contributed by atoms with E-state index in [9.17, 15) is 8.78 Å². The van der Waals surface area contributed by atoms with Crippen LogP contribution in [0.4, 0.5) is 8.78 Å². The molecule has 0 aromatic heterocycles. The predicted octanol–water partition coefficient (Wildman–Crippen LogP) is 5.64. The van der Waals surface area contributed by atoms with Crippen molar-refractivity contribution in [2.24, 2.45) is 0 Å². The lowest BCUT2D eigenvalue weighted by atomic mass is 9.99. The Bertz CT molecular complexity index is 1040. The first kappa shape index (κ1) is 23.0. The molecule has 5 rings (SSSR count). The van der Waals surface area contributed by atoms with Crippen molar-refractivity contribution < 1.29 is 23.3 Å². The standard InChI is InChI=1S/C28H29F2NO3/c29-24-8-4-21(5-9-24)28(22-6-10-25(30)11-7-22)33-26-2-1-15-31(19-26)16-13-20-3-12-27-23(18-20)14-17-32-34-27/h3-12,18,26,28H,1-2,13-17,19H2. The van der Waals surface area contributed by atoms with Crippen molar-refractivity contribution in [2.75, 3.05) is 26.2 Å². The number of fused-ring (bicyclic) bond motifs is 1. The van der Waals surface area contributed by atoms with Gasteiger partial charge in [0.1, 0.15) is 17.7 Å². The van der Waals surface area contributed by atoms with Gasteiger partial charge in [0, 0.05) is 25.1 Å². The van der Waals surface area contributed by atoms with Crippen LogP contribution in [0.25, 0.3) is 0 Å². The zero-order valence-corrected chi connectivity index (χ0v) is 19.1. The van der Waals surface area contributed by atoms with E-state index < -0.39 is 0 Å². The summed E-state index contributed by atoms with van der Waals surface area (Å²) in [5, 5.41) is 0. The van der Waals surface area contributed by atoms with Crippen molar-refractivity contribution in [3.8, 4) is 5.75 Å². The third kappa shape index (κ3) is 5.63. The molecule has 1 fully saturated rings. The minimum atomic E-state index is -0.367. The maximum absolute atomic E-state index is 13.5. The van der Waals surface area contributed by atoms with Gasteiger partial charge in [0.25, 0.3) is 0 Å². The fraction of sp³-hybridized carbons (Fsp3) is 0.357. The normalized spacial score (nSPS) is 18.5. The third-order valence-corrected chi connectivity index (χ3v) is 6.58. The molecule has 0 bridgehead atoms. The van der Waals surface area contributed by atoms with Crippen LogP contribution in [0.3, 0.4) is 0 Å². The minimum Gasteiger partial charge on any atom is -0.364 e. The fourth-order valence-corrected chi connectivity index (χ4v) is 4.75. The smallest absolute Gasteiger partial charge is 0.168 e. The van der Waals surface area contributed by atoms with Gasteiger partial charge in [-0.15, -0.1) is 0 Å². The molecule has 3 aromatic carbocycles. The Morgan fingerprint density at radius 1 is 0.941 bits per heavy atom. The molecule has 1 atom stereocenters.